The maximum Gasteiger partial charge on any atom is 0.324 e. The van der Waals surface area contributed by atoms with Crippen molar-refractivity contribution in [2.75, 3.05) is 48.3 Å². The number of aromatic nitrogens is 1. The molecule has 2 amide bonds. The molecule has 3 aliphatic heterocycles. The second kappa shape index (κ2) is 6.81. The van der Waals surface area contributed by atoms with Gasteiger partial charge in [0.05, 0.1) is 22.5 Å². The fraction of sp³-hybridized carbons (Fsp3) is 0.400. The molecule has 0 radical (unpaired) electrons. The van der Waals surface area contributed by atoms with Gasteiger partial charge < -0.3 is 9.80 Å². The zero-order chi connectivity index (χ0) is 21.1. The molecule has 4 heterocycles. The highest BCUT2D eigenvalue weighted by Crippen LogP contribution is 2.42. The highest BCUT2D eigenvalue weighted by molar-refractivity contribution is 7.91. The van der Waals surface area contributed by atoms with Gasteiger partial charge in [0, 0.05) is 43.2 Å². The number of halogens is 2. The van der Waals surface area contributed by atoms with Crippen molar-refractivity contribution < 1.29 is 17.6 Å². The van der Waals surface area contributed by atoms with Crippen molar-refractivity contribution in [3.05, 3.63) is 47.4 Å². The zero-order valence-electron chi connectivity index (χ0n) is 16.1. The Balaban J connectivity index is 1.29. The Morgan fingerprint density at radius 3 is 2.60 bits per heavy atom. The largest absolute Gasteiger partial charge is 0.355 e. The van der Waals surface area contributed by atoms with E-state index in [0.717, 1.165) is 18.9 Å². The molecule has 2 fully saturated rings. The molecule has 1 spiro atoms. The molecule has 1 aromatic heterocycles. The summed E-state index contributed by atoms with van der Waals surface area (Å²) < 4.78 is 38.2. The van der Waals surface area contributed by atoms with E-state index in [-0.39, 0.29) is 27.9 Å². The number of urea groups is 1. The molecule has 2 saturated heterocycles. The number of fused-ring (bicyclic) bond motifs is 1. The molecule has 3 aliphatic rings. The van der Waals surface area contributed by atoms with E-state index in [2.05, 4.69) is 9.88 Å². The van der Waals surface area contributed by atoms with Gasteiger partial charge in [-0.1, -0.05) is 11.6 Å². The monoisotopic (exact) mass is 450 g/mol. The molecule has 5 rings (SSSR count). The second-order valence-electron chi connectivity index (χ2n) is 8.27. The number of anilines is 2. The average molecular weight is 451 g/mol. The summed E-state index contributed by atoms with van der Waals surface area (Å²) in [4.78, 5) is 22.8. The maximum absolute atomic E-state index is 13.2. The summed E-state index contributed by atoms with van der Waals surface area (Å²) in [7, 11) is -3.48. The molecule has 0 atom stereocenters. The van der Waals surface area contributed by atoms with Crippen molar-refractivity contribution in [1.82, 2.24) is 9.88 Å². The molecule has 0 unspecified atom stereocenters. The van der Waals surface area contributed by atoms with Gasteiger partial charge in [-0.15, -0.1) is 0 Å². The average Bonchev–Trinajstić information content (AvgIpc) is 2.77. The number of pyridine rings is 1. The maximum atomic E-state index is 13.2. The predicted molar refractivity (Wildman–Crippen MR) is 111 cm³/mol. The summed E-state index contributed by atoms with van der Waals surface area (Å²) in [6, 6.07) is 7.51. The number of likely N-dealkylation sites (tertiary alicyclic amines) is 1. The van der Waals surface area contributed by atoms with Crippen LogP contribution in [0.25, 0.3) is 0 Å². The first-order valence-electron chi connectivity index (χ1n) is 9.72. The van der Waals surface area contributed by atoms with Gasteiger partial charge in [-0.25, -0.2) is 22.6 Å². The van der Waals surface area contributed by atoms with E-state index in [0.29, 0.717) is 36.8 Å². The topological polar surface area (TPSA) is 73.8 Å². The minimum atomic E-state index is -3.48. The Morgan fingerprint density at radius 1 is 1.13 bits per heavy atom. The molecular formula is C20H20ClFN4O3S. The number of rotatable bonds is 1. The first-order valence-corrected chi connectivity index (χ1v) is 11.7. The van der Waals surface area contributed by atoms with Gasteiger partial charge in [-0.05, 0) is 36.8 Å². The van der Waals surface area contributed by atoms with E-state index in [1.54, 1.807) is 28.0 Å². The van der Waals surface area contributed by atoms with Gasteiger partial charge in [0.15, 0.2) is 9.84 Å². The number of benzene rings is 1. The quantitative estimate of drug-likeness (QED) is 0.668. The van der Waals surface area contributed by atoms with Crippen molar-refractivity contribution in [1.29, 1.82) is 0 Å². The molecular weight excluding hydrogens is 431 g/mol. The van der Waals surface area contributed by atoms with Crippen LogP contribution in [0.2, 0.25) is 5.02 Å². The molecule has 10 heteroatoms. The lowest BCUT2D eigenvalue weighted by Crippen LogP contribution is -2.74. The van der Waals surface area contributed by atoms with Crippen LogP contribution in [-0.4, -0.2) is 62.8 Å². The van der Waals surface area contributed by atoms with Gasteiger partial charge in [-0.3, -0.25) is 4.90 Å². The van der Waals surface area contributed by atoms with E-state index < -0.39 is 9.84 Å². The summed E-state index contributed by atoms with van der Waals surface area (Å²) in [6.45, 7) is 3.08. The van der Waals surface area contributed by atoms with Gasteiger partial charge in [0.1, 0.15) is 11.6 Å². The lowest BCUT2D eigenvalue weighted by Gasteiger charge is -2.60. The van der Waals surface area contributed by atoms with E-state index in [1.807, 2.05) is 0 Å². The minimum Gasteiger partial charge on any atom is -0.355 e. The SMILES string of the molecule is O=C(N1CC2(C1)CN(c1ccc(F)cn1)C2)N1CCCS(=O)(=O)c2cc(Cl)ccc21. The van der Waals surface area contributed by atoms with Crippen LogP contribution in [-0.2, 0) is 9.84 Å². The van der Waals surface area contributed by atoms with Crippen molar-refractivity contribution in [3.63, 3.8) is 0 Å². The Bertz CT molecular complexity index is 1110. The summed E-state index contributed by atoms with van der Waals surface area (Å²) in [5, 5.41) is 0.332. The lowest BCUT2D eigenvalue weighted by atomic mass is 9.73. The molecule has 7 nitrogen and oxygen atoms in total. The van der Waals surface area contributed by atoms with Crippen LogP contribution in [0, 0.1) is 11.2 Å². The molecule has 0 bridgehead atoms. The molecule has 2 aromatic rings. The molecule has 0 N–H and O–H groups in total. The third kappa shape index (κ3) is 3.20. The Morgan fingerprint density at radius 2 is 1.90 bits per heavy atom. The number of hydrogen-bond acceptors (Lipinski definition) is 5. The fourth-order valence-corrected chi connectivity index (χ4v) is 6.32. The minimum absolute atomic E-state index is 0.00626. The van der Waals surface area contributed by atoms with Gasteiger partial charge in [0.25, 0.3) is 0 Å². The fourth-order valence-electron chi connectivity index (χ4n) is 4.55. The predicted octanol–water partition coefficient (Wildman–Crippen LogP) is 2.80. The first kappa shape index (κ1) is 19.6. The number of sulfone groups is 1. The highest BCUT2D eigenvalue weighted by Gasteiger charge is 2.54. The normalized spacial score (nSPS) is 21.5. The van der Waals surface area contributed by atoms with Gasteiger partial charge in [-0.2, -0.15) is 0 Å². The van der Waals surface area contributed by atoms with Crippen LogP contribution in [0.3, 0.4) is 0 Å². The summed E-state index contributed by atoms with van der Waals surface area (Å²) in [5.74, 6) is 0.360. The highest BCUT2D eigenvalue weighted by atomic mass is 35.5. The lowest BCUT2D eigenvalue weighted by molar-refractivity contribution is 0.00965. The second-order valence-corrected chi connectivity index (χ2v) is 10.8. The Labute approximate surface area is 179 Å². The van der Waals surface area contributed by atoms with Crippen LogP contribution in [0.4, 0.5) is 20.7 Å². The van der Waals surface area contributed by atoms with Crippen LogP contribution < -0.4 is 9.80 Å². The number of amides is 2. The van der Waals surface area contributed by atoms with Crippen LogP contribution in [0.1, 0.15) is 6.42 Å². The molecule has 0 saturated carbocycles. The smallest absolute Gasteiger partial charge is 0.324 e. The number of hydrogen-bond donors (Lipinski definition) is 0. The molecule has 30 heavy (non-hydrogen) atoms. The van der Waals surface area contributed by atoms with E-state index >= 15 is 0 Å². The van der Waals surface area contributed by atoms with E-state index in [4.69, 9.17) is 11.6 Å². The molecule has 1 aromatic carbocycles. The van der Waals surface area contributed by atoms with Crippen molar-refractivity contribution in [3.8, 4) is 0 Å². The number of carbonyl (C=O) groups is 1. The molecule has 0 aliphatic carbocycles. The summed E-state index contributed by atoms with van der Waals surface area (Å²) >= 11 is 6.01. The van der Waals surface area contributed by atoms with Gasteiger partial charge >= 0.3 is 6.03 Å². The third-order valence-electron chi connectivity index (χ3n) is 5.98. The van der Waals surface area contributed by atoms with Crippen molar-refractivity contribution in [2.45, 2.75) is 11.3 Å². The first-order chi connectivity index (χ1) is 14.3. The standard InChI is InChI=1S/C20H20ClFN4O3S/c21-14-2-4-16-17(8-14)30(28,29)7-1-6-26(16)19(27)25-12-20(13-25)10-24(11-20)18-5-3-15(22)9-23-18/h2-5,8-9H,1,6-7,10-13H2. The van der Waals surface area contributed by atoms with Crippen LogP contribution in [0.15, 0.2) is 41.4 Å². The van der Waals surface area contributed by atoms with Crippen molar-refractivity contribution >= 4 is 39.0 Å². The number of carbonyl (C=O) groups excluding carboxylic acids is 1. The molecule has 158 valence electrons. The van der Waals surface area contributed by atoms with Crippen LogP contribution >= 0.6 is 11.6 Å². The Hall–Kier alpha value is -2.39. The Kier molecular flexibility index (Phi) is 4.44. The van der Waals surface area contributed by atoms with Crippen LogP contribution in [0.5, 0.6) is 0 Å². The zero-order valence-corrected chi connectivity index (χ0v) is 17.7. The third-order valence-corrected chi connectivity index (χ3v) is 8.04. The number of nitrogens with zero attached hydrogens (tertiary/aromatic N) is 4. The summed E-state index contributed by atoms with van der Waals surface area (Å²) in [6.07, 6.45) is 1.58. The van der Waals surface area contributed by atoms with Crippen molar-refractivity contribution in [2.24, 2.45) is 5.41 Å². The van der Waals surface area contributed by atoms with E-state index in [1.165, 1.54) is 18.3 Å². The van der Waals surface area contributed by atoms with Gasteiger partial charge in [0.2, 0.25) is 0 Å². The summed E-state index contributed by atoms with van der Waals surface area (Å²) in [5.41, 5.74) is 0.417. The van der Waals surface area contributed by atoms with E-state index in [9.17, 15) is 17.6 Å².